The highest BCUT2D eigenvalue weighted by molar-refractivity contribution is 5.69. The molecule has 2 aliphatic rings. The first-order chi connectivity index (χ1) is 10.4. The van der Waals surface area contributed by atoms with Crippen LogP contribution in [0.15, 0.2) is 0 Å². The molecular formula is C17H32N2O3. The molecular weight excluding hydrogens is 280 g/mol. The summed E-state index contributed by atoms with van der Waals surface area (Å²) in [5.74, 6) is 0. The van der Waals surface area contributed by atoms with Crippen molar-refractivity contribution in [2.24, 2.45) is 0 Å². The first-order valence-electron chi connectivity index (χ1n) is 8.73. The third kappa shape index (κ3) is 5.76. The van der Waals surface area contributed by atoms with Gasteiger partial charge in [-0.3, -0.25) is 0 Å². The van der Waals surface area contributed by atoms with E-state index in [2.05, 4.69) is 12.2 Å². The van der Waals surface area contributed by atoms with Crippen LogP contribution in [-0.2, 0) is 9.47 Å². The summed E-state index contributed by atoms with van der Waals surface area (Å²) in [7, 11) is 0. The van der Waals surface area contributed by atoms with Crippen molar-refractivity contribution < 1.29 is 14.3 Å². The van der Waals surface area contributed by atoms with Gasteiger partial charge < -0.3 is 19.7 Å². The average molecular weight is 312 g/mol. The van der Waals surface area contributed by atoms with Crippen LogP contribution >= 0.6 is 0 Å². The summed E-state index contributed by atoms with van der Waals surface area (Å²) in [6.07, 6.45) is 5.64. The Labute approximate surface area is 134 Å². The molecule has 1 aliphatic carbocycles. The van der Waals surface area contributed by atoms with E-state index in [1.54, 1.807) is 0 Å². The van der Waals surface area contributed by atoms with Crippen LogP contribution in [0.3, 0.4) is 0 Å². The quantitative estimate of drug-likeness (QED) is 0.819. The van der Waals surface area contributed by atoms with Crippen LogP contribution in [0.1, 0.15) is 59.8 Å². The van der Waals surface area contributed by atoms with Gasteiger partial charge in [-0.25, -0.2) is 4.79 Å². The van der Waals surface area contributed by atoms with Crippen molar-refractivity contribution in [1.29, 1.82) is 0 Å². The summed E-state index contributed by atoms with van der Waals surface area (Å²) in [6.45, 7) is 10.3. The zero-order valence-corrected chi connectivity index (χ0v) is 14.6. The molecule has 1 aliphatic heterocycles. The predicted octanol–water partition coefficient (Wildman–Crippen LogP) is 2.93. The number of amides is 1. The Balaban J connectivity index is 1.74. The van der Waals surface area contributed by atoms with Crippen LogP contribution in [-0.4, -0.2) is 54.5 Å². The van der Waals surface area contributed by atoms with Gasteiger partial charge >= 0.3 is 6.09 Å². The molecule has 1 amide bonds. The minimum atomic E-state index is -0.424. The molecule has 0 radical (unpaired) electrons. The van der Waals surface area contributed by atoms with E-state index in [0.29, 0.717) is 18.2 Å². The second kappa shape index (κ2) is 7.64. The maximum atomic E-state index is 12.3. The Kier molecular flexibility index (Phi) is 6.09. The minimum absolute atomic E-state index is 0.171. The Morgan fingerprint density at radius 3 is 2.64 bits per heavy atom. The highest BCUT2D eigenvalue weighted by Crippen LogP contribution is 2.28. The van der Waals surface area contributed by atoms with Crippen LogP contribution in [0, 0.1) is 0 Å². The summed E-state index contributed by atoms with van der Waals surface area (Å²) < 4.78 is 11.2. The van der Waals surface area contributed by atoms with Crippen LogP contribution in [0.25, 0.3) is 0 Å². The second-order valence-electron chi connectivity index (χ2n) is 7.48. The number of rotatable bonds is 6. The molecule has 5 heteroatoms. The van der Waals surface area contributed by atoms with Gasteiger partial charge in [0.15, 0.2) is 0 Å². The molecule has 128 valence electrons. The maximum absolute atomic E-state index is 12.3. The minimum Gasteiger partial charge on any atom is -0.444 e. The fourth-order valence-electron chi connectivity index (χ4n) is 2.87. The number of carbonyl (C=O) groups excluding carboxylic acids is 1. The van der Waals surface area contributed by atoms with Crippen molar-refractivity contribution in [3.63, 3.8) is 0 Å². The zero-order chi connectivity index (χ0) is 16.2. The summed E-state index contributed by atoms with van der Waals surface area (Å²) >= 11 is 0. The molecule has 0 aromatic rings. The molecule has 0 spiro atoms. The second-order valence-corrected chi connectivity index (χ2v) is 7.48. The lowest BCUT2D eigenvalue weighted by molar-refractivity contribution is -0.00120. The van der Waals surface area contributed by atoms with Gasteiger partial charge in [0, 0.05) is 31.8 Å². The summed E-state index contributed by atoms with van der Waals surface area (Å²) in [4.78, 5) is 14.2. The number of nitrogens with one attached hydrogen (secondary N) is 1. The summed E-state index contributed by atoms with van der Waals surface area (Å²) in [6, 6.07) is 0.896. The number of ether oxygens (including phenoxy) is 2. The van der Waals surface area contributed by atoms with E-state index in [9.17, 15) is 4.79 Å². The van der Waals surface area contributed by atoms with E-state index in [4.69, 9.17) is 9.47 Å². The van der Waals surface area contributed by atoms with Crippen molar-refractivity contribution in [2.45, 2.75) is 83.6 Å². The third-order valence-electron chi connectivity index (χ3n) is 4.22. The molecule has 0 aromatic heterocycles. The number of carbonyl (C=O) groups is 1. The monoisotopic (exact) mass is 312 g/mol. The highest BCUT2D eigenvalue weighted by atomic mass is 16.6. The van der Waals surface area contributed by atoms with Crippen molar-refractivity contribution in [2.75, 3.05) is 19.7 Å². The molecule has 0 aromatic carbocycles. The topological polar surface area (TPSA) is 50.8 Å². The average Bonchev–Trinajstić information content (AvgIpc) is 3.26. The van der Waals surface area contributed by atoms with Gasteiger partial charge in [-0.05, 0) is 52.9 Å². The molecule has 1 saturated heterocycles. The molecule has 2 atom stereocenters. The lowest BCUT2D eigenvalue weighted by atomic mass is 10.0. The van der Waals surface area contributed by atoms with Gasteiger partial charge in [0.2, 0.25) is 0 Å². The Morgan fingerprint density at radius 1 is 1.32 bits per heavy atom. The molecule has 2 fully saturated rings. The summed E-state index contributed by atoms with van der Waals surface area (Å²) in [5, 5.41) is 3.59. The molecule has 5 nitrogen and oxygen atoms in total. The molecule has 2 rings (SSSR count). The molecule has 1 saturated carbocycles. The van der Waals surface area contributed by atoms with Crippen LogP contribution in [0.2, 0.25) is 0 Å². The van der Waals surface area contributed by atoms with E-state index >= 15 is 0 Å². The predicted molar refractivity (Wildman–Crippen MR) is 87.0 cm³/mol. The van der Waals surface area contributed by atoms with E-state index in [1.807, 2.05) is 25.7 Å². The molecule has 1 heterocycles. The van der Waals surface area contributed by atoms with Gasteiger partial charge in [-0.15, -0.1) is 0 Å². The smallest absolute Gasteiger partial charge is 0.410 e. The van der Waals surface area contributed by atoms with Crippen molar-refractivity contribution in [3.8, 4) is 0 Å². The summed E-state index contributed by atoms with van der Waals surface area (Å²) in [5.41, 5.74) is -0.424. The Hall–Kier alpha value is -0.810. The van der Waals surface area contributed by atoms with Crippen molar-refractivity contribution >= 4 is 6.09 Å². The molecule has 22 heavy (non-hydrogen) atoms. The first-order valence-corrected chi connectivity index (χ1v) is 8.73. The van der Waals surface area contributed by atoms with Crippen LogP contribution in [0.4, 0.5) is 4.79 Å². The highest BCUT2D eigenvalue weighted by Gasteiger charge is 2.35. The maximum Gasteiger partial charge on any atom is 0.410 e. The number of hydrogen-bond acceptors (Lipinski definition) is 4. The molecule has 1 N–H and O–H groups in total. The Bertz CT molecular complexity index is 363. The van der Waals surface area contributed by atoms with Gasteiger partial charge in [-0.2, -0.15) is 0 Å². The normalized spacial score (nSPS) is 25.8. The van der Waals surface area contributed by atoms with Gasteiger partial charge in [0.25, 0.3) is 0 Å². The lowest BCUT2D eigenvalue weighted by Crippen LogP contribution is -2.45. The fourth-order valence-corrected chi connectivity index (χ4v) is 2.87. The van der Waals surface area contributed by atoms with E-state index in [-0.39, 0.29) is 6.09 Å². The van der Waals surface area contributed by atoms with E-state index in [1.165, 1.54) is 0 Å². The van der Waals surface area contributed by atoms with Gasteiger partial charge in [-0.1, -0.05) is 6.92 Å². The van der Waals surface area contributed by atoms with Crippen LogP contribution < -0.4 is 5.32 Å². The number of hydrogen-bond donors (Lipinski definition) is 1. The van der Waals surface area contributed by atoms with E-state index < -0.39 is 5.60 Å². The Morgan fingerprint density at radius 2 is 2.05 bits per heavy atom. The van der Waals surface area contributed by atoms with E-state index in [0.717, 1.165) is 51.8 Å². The lowest BCUT2D eigenvalue weighted by Gasteiger charge is -2.31. The standard InChI is InChI=1S/C17H32N2O3/c1-5-15-12-13(8-11-21-15)18-9-10-19(14-6-7-14)16(20)22-17(2,3)4/h13-15,18H,5-12H2,1-4H3. The van der Waals surface area contributed by atoms with Gasteiger partial charge in [0.05, 0.1) is 6.10 Å². The van der Waals surface area contributed by atoms with Crippen LogP contribution in [0.5, 0.6) is 0 Å². The third-order valence-corrected chi connectivity index (χ3v) is 4.22. The van der Waals surface area contributed by atoms with Gasteiger partial charge in [0.1, 0.15) is 5.60 Å². The zero-order valence-electron chi connectivity index (χ0n) is 14.6. The largest absolute Gasteiger partial charge is 0.444 e. The first kappa shape index (κ1) is 17.5. The molecule has 0 bridgehead atoms. The molecule has 2 unspecified atom stereocenters. The van der Waals surface area contributed by atoms with Crippen molar-refractivity contribution in [3.05, 3.63) is 0 Å². The number of nitrogens with zero attached hydrogens (tertiary/aromatic N) is 1. The fraction of sp³-hybridized carbons (Fsp3) is 0.941. The SMILES string of the molecule is CCC1CC(NCCN(C(=O)OC(C)(C)C)C2CC2)CCO1. The van der Waals surface area contributed by atoms with Crippen molar-refractivity contribution in [1.82, 2.24) is 10.2 Å².